The lowest BCUT2D eigenvalue weighted by molar-refractivity contribution is 0.109. The molecular weight excluding hydrogens is 268 g/mol. The number of nitrogens with two attached hydrogens (primary N) is 1. The predicted molar refractivity (Wildman–Crippen MR) is 79.9 cm³/mol. The molecule has 0 radical (unpaired) electrons. The number of anilines is 1. The second kappa shape index (κ2) is 5.67. The number of hydrogen-bond acceptors (Lipinski definition) is 6. The van der Waals surface area contributed by atoms with Crippen molar-refractivity contribution in [1.29, 1.82) is 0 Å². The lowest BCUT2D eigenvalue weighted by Gasteiger charge is -2.19. The third-order valence-corrected chi connectivity index (χ3v) is 3.61. The van der Waals surface area contributed by atoms with Gasteiger partial charge in [-0.2, -0.15) is 0 Å². The molecule has 0 aliphatic carbocycles. The van der Waals surface area contributed by atoms with Crippen molar-refractivity contribution in [2.24, 2.45) is 5.84 Å². The molecule has 2 heterocycles. The van der Waals surface area contributed by atoms with Gasteiger partial charge in [-0.05, 0) is 30.7 Å². The summed E-state index contributed by atoms with van der Waals surface area (Å²) in [6.45, 7) is 3.17. The van der Waals surface area contributed by atoms with E-state index in [4.69, 9.17) is 15.3 Å². The molecule has 0 atom stereocenters. The Bertz CT molecular complexity index is 656. The molecule has 1 aromatic heterocycles. The van der Waals surface area contributed by atoms with Gasteiger partial charge in [0.1, 0.15) is 11.6 Å². The quantitative estimate of drug-likeness (QED) is 0.661. The van der Waals surface area contributed by atoms with E-state index in [-0.39, 0.29) is 0 Å². The van der Waals surface area contributed by atoms with E-state index in [1.807, 2.05) is 25.1 Å². The maximum atomic E-state index is 5.58. The van der Waals surface area contributed by atoms with E-state index in [0.29, 0.717) is 24.9 Å². The summed E-state index contributed by atoms with van der Waals surface area (Å²) in [6, 6.07) is 5.89. The van der Waals surface area contributed by atoms with Gasteiger partial charge in [0.15, 0.2) is 5.82 Å². The van der Waals surface area contributed by atoms with Crippen molar-refractivity contribution in [3.63, 3.8) is 0 Å². The number of ether oxygens (including phenoxy) is 2. The Morgan fingerprint density at radius 1 is 1.33 bits per heavy atom. The van der Waals surface area contributed by atoms with Gasteiger partial charge in [0.05, 0.1) is 26.0 Å². The van der Waals surface area contributed by atoms with Crippen LogP contribution in [0.4, 0.5) is 5.82 Å². The van der Waals surface area contributed by atoms with Gasteiger partial charge < -0.3 is 14.9 Å². The summed E-state index contributed by atoms with van der Waals surface area (Å²) in [5, 5.41) is 0. The number of nitrogen functional groups attached to an aromatic ring is 1. The zero-order valence-corrected chi connectivity index (χ0v) is 12.1. The number of aryl methyl sites for hydroxylation is 1. The van der Waals surface area contributed by atoms with Crippen molar-refractivity contribution in [2.75, 3.05) is 19.1 Å². The number of aromatic nitrogens is 2. The van der Waals surface area contributed by atoms with Gasteiger partial charge in [0.25, 0.3) is 0 Å². The van der Waals surface area contributed by atoms with Crippen molar-refractivity contribution in [2.45, 2.75) is 20.0 Å². The second-order valence-electron chi connectivity index (χ2n) is 4.95. The summed E-state index contributed by atoms with van der Waals surface area (Å²) in [4.78, 5) is 9.16. The average molecular weight is 286 g/mol. The molecule has 3 N–H and O–H groups in total. The Morgan fingerprint density at radius 3 is 2.90 bits per heavy atom. The van der Waals surface area contributed by atoms with Crippen LogP contribution >= 0.6 is 0 Å². The van der Waals surface area contributed by atoms with Crippen molar-refractivity contribution in [3.8, 4) is 17.1 Å². The molecule has 1 aliphatic heterocycles. The molecule has 2 aromatic rings. The third-order valence-electron chi connectivity index (χ3n) is 3.61. The van der Waals surface area contributed by atoms with Crippen molar-refractivity contribution in [3.05, 3.63) is 35.0 Å². The van der Waals surface area contributed by atoms with Crippen LogP contribution < -0.4 is 16.0 Å². The van der Waals surface area contributed by atoms with E-state index in [1.165, 1.54) is 0 Å². The number of nitrogens with zero attached hydrogens (tertiary/aromatic N) is 2. The molecule has 6 heteroatoms. The molecule has 0 saturated carbocycles. The van der Waals surface area contributed by atoms with E-state index >= 15 is 0 Å². The Hall–Kier alpha value is -2.18. The first-order valence-corrected chi connectivity index (χ1v) is 6.82. The van der Waals surface area contributed by atoms with Crippen LogP contribution in [0.1, 0.15) is 16.8 Å². The zero-order chi connectivity index (χ0) is 14.8. The lowest BCUT2D eigenvalue weighted by atomic mass is 10.1. The van der Waals surface area contributed by atoms with Crippen molar-refractivity contribution >= 4 is 5.82 Å². The highest BCUT2D eigenvalue weighted by molar-refractivity contribution is 5.62. The lowest BCUT2D eigenvalue weighted by Crippen LogP contribution is -2.19. The number of hydrazine groups is 1. The Morgan fingerprint density at radius 2 is 2.19 bits per heavy atom. The van der Waals surface area contributed by atoms with E-state index in [2.05, 4.69) is 15.4 Å². The van der Waals surface area contributed by atoms with Crippen LogP contribution in [0, 0.1) is 6.92 Å². The number of fused-ring (bicyclic) bond motifs is 1. The molecule has 1 aliphatic rings. The molecule has 6 nitrogen and oxygen atoms in total. The largest absolute Gasteiger partial charge is 0.496 e. The van der Waals surface area contributed by atoms with Crippen LogP contribution in [0.5, 0.6) is 5.75 Å². The van der Waals surface area contributed by atoms with Crippen molar-refractivity contribution in [1.82, 2.24) is 9.97 Å². The minimum atomic E-state index is 0.497. The Balaban J connectivity index is 2.08. The van der Waals surface area contributed by atoms with Gasteiger partial charge in [-0.15, -0.1) is 0 Å². The summed E-state index contributed by atoms with van der Waals surface area (Å²) in [7, 11) is 1.66. The van der Waals surface area contributed by atoms with Crippen molar-refractivity contribution < 1.29 is 9.47 Å². The number of hydrogen-bond donors (Lipinski definition) is 2. The first-order valence-electron chi connectivity index (χ1n) is 6.82. The molecular formula is C15H18N4O2. The number of rotatable bonds is 3. The number of nitrogens with one attached hydrogen (secondary N) is 1. The van der Waals surface area contributed by atoms with Gasteiger partial charge in [0, 0.05) is 17.5 Å². The molecule has 0 fully saturated rings. The van der Waals surface area contributed by atoms with Crippen LogP contribution in [-0.4, -0.2) is 23.7 Å². The predicted octanol–water partition coefficient (Wildman–Crippen LogP) is 1.82. The SMILES string of the molecule is COc1ccc(-c2nc3c(c(NN)n2)COCC3)cc1C. The minimum absolute atomic E-state index is 0.497. The molecule has 110 valence electrons. The van der Waals surface area contributed by atoms with Crippen LogP contribution in [0.25, 0.3) is 11.4 Å². The van der Waals surface area contributed by atoms with Gasteiger partial charge in [0.2, 0.25) is 0 Å². The molecule has 0 bridgehead atoms. The summed E-state index contributed by atoms with van der Waals surface area (Å²) < 4.78 is 10.7. The Labute approximate surface area is 123 Å². The van der Waals surface area contributed by atoms with Crippen LogP contribution in [-0.2, 0) is 17.8 Å². The van der Waals surface area contributed by atoms with E-state index in [9.17, 15) is 0 Å². The molecule has 3 rings (SSSR count). The van der Waals surface area contributed by atoms with Crippen LogP contribution in [0.15, 0.2) is 18.2 Å². The first kappa shape index (κ1) is 13.8. The molecule has 21 heavy (non-hydrogen) atoms. The summed E-state index contributed by atoms with van der Waals surface area (Å²) >= 11 is 0. The fraction of sp³-hybridized carbons (Fsp3) is 0.333. The maximum absolute atomic E-state index is 5.58. The van der Waals surface area contributed by atoms with Gasteiger partial charge in [-0.25, -0.2) is 15.8 Å². The average Bonchev–Trinajstić information content (AvgIpc) is 2.53. The highest BCUT2D eigenvalue weighted by atomic mass is 16.5. The smallest absolute Gasteiger partial charge is 0.161 e. The van der Waals surface area contributed by atoms with E-state index < -0.39 is 0 Å². The highest BCUT2D eigenvalue weighted by Crippen LogP contribution is 2.28. The van der Waals surface area contributed by atoms with E-state index in [1.54, 1.807) is 7.11 Å². The summed E-state index contributed by atoms with van der Waals surface area (Å²) in [6.07, 6.45) is 0.772. The fourth-order valence-electron chi connectivity index (χ4n) is 2.50. The fourth-order valence-corrected chi connectivity index (χ4v) is 2.50. The van der Waals surface area contributed by atoms with Gasteiger partial charge >= 0.3 is 0 Å². The second-order valence-corrected chi connectivity index (χ2v) is 4.95. The number of benzene rings is 1. The maximum Gasteiger partial charge on any atom is 0.161 e. The molecule has 1 aromatic carbocycles. The topological polar surface area (TPSA) is 82.3 Å². The Kier molecular flexibility index (Phi) is 3.72. The summed E-state index contributed by atoms with van der Waals surface area (Å²) in [5.74, 6) is 7.72. The molecule has 0 saturated heterocycles. The van der Waals surface area contributed by atoms with Crippen LogP contribution in [0.3, 0.4) is 0 Å². The highest BCUT2D eigenvalue weighted by Gasteiger charge is 2.18. The standard InChI is InChI=1S/C15H18N4O2/c1-9-7-10(3-4-13(9)20-2)14-17-12-5-6-21-8-11(12)15(18-14)19-16/h3-4,7H,5-6,8,16H2,1-2H3,(H,17,18,19). The van der Waals surface area contributed by atoms with Crippen LogP contribution in [0.2, 0.25) is 0 Å². The molecule has 0 spiro atoms. The minimum Gasteiger partial charge on any atom is -0.496 e. The zero-order valence-electron chi connectivity index (χ0n) is 12.1. The number of methoxy groups -OCH3 is 1. The first-order chi connectivity index (χ1) is 10.2. The monoisotopic (exact) mass is 286 g/mol. The summed E-state index contributed by atoms with van der Waals surface area (Å²) in [5.41, 5.74) is 6.57. The normalized spacial score (nSPS) is 13.7. The third kappa shape index (κ3) is 2.55. The van der Waals surface area contributed by atoms with Gasteiger partial charge in [-0.3, -0.25) is 0 Å². The molecule has 0 amide bonds. The molecule has 0 unspecified atom stereocenters. The van der Waals surface area contributed by atoms with E-state index in [0.717, 1.165) is 34.6 Å². The van der Waals surface area contributed by atoms with Gasteiger partial charge in [-0.1, -0.05) is 0 Å².